The van der Waals surface area contributed by atoms with E-state index in [-0.39, 0.29) is 17.5 Å². The summed E-state index contributed by atoms with van der Waals surface area (Å²) in [6.07, 6.45) is 3.91. The maximum Gasteiger partial charge on any atom is 0.277 e. The van der Waals surface area contributed by atoms with Crippen molar-refractivity contribution < 1.29 is 9.18 Å². The Kier molecular flexibility index (Phi) is 7.99. The summed E-state index contributed by atoms with van der Waals surface area (Å²) in [6, 6.07) is 25.4. The number of piperazine rings is 1. The van der Waals surface area contributed by atoms with E-state index in [1.165, 1.54) is 22.4 Å². The fourth-order valence-electron chi connectivity index (χ4n) is 7.72. The molecule has 6 heterocycles. The number of hydrogen-bond donors (Lipinski definition) is 3. The van der Waals surface area contributed by atoms with Crippen LogP contribution in [0.25, 0.3) is 39.0 Å². The number of carbonyl (C=O) groups is 1. The molecule has 7 aromatic rings. The number of aromatic amines is 1. The average Bonchev–Trinajstić information content (AvgIpc) is 3.61. The minimum absolute atomic E-state index is 0.188. The number of nitrogens with zero attached hydrogens (tertiary/aromatic N) is 7. The van der Waals surface area contributed by atoms with Crippen LogP contribution in [-0.4, -0.2) is 72.8 Å². The molecule has 3 N–H and O–H groups in total. The first-order chi connectivity index (χ1) is 25.8. The number of pyridine rings is 1. The summed E-state index contributed by atoms with van der Waals surface area (Å²) in [5.74, 6) is 0.328. The number of rotatable bonds is 7. The second-order valence-electron chi connectivity index (χ2n) is 13.6. The number of nitrogens with one attached hydrogen (secondary N) is 3. The SMILES string of the molecule is CC(c1ccc(-c2[nH]c3cc(F)cc4c3c2CCNC4=O)cc1)N1CCN(c2ccc(Nc3ncc4c(=O)n(C)n(-c5ccccn5)c4n3)cc2)CC1. The van der Waals surface area contributed by atoms with Crippen molar-refractivity contribution >= 4 is 45.2 Å². The molecule has 1 unspecified atom stereocenters. The van der Waals surface area contributed by atoms with E-state index in [2.05, 4.69) is 83.7 Å². The smallest absolute Gasteiger partial charge is 0.277 e. The van der Waals surface area contributed by atoms with Crippen molar-refractivity contribution in [2.24, 2.45) is 7.05 Å². The van der Waals surface area contributed by atoms with Gasteiger partial charge in [0.1, 0.15) is 11.2 Å². The molecule has 0 spiro atoms. The average molecular weight is 709 g/mol. The number of fused-ring (bicyclic) bond motifs is 1. The Morgan fingerprint density at radius 2 is 1.72 bits per heavy atom. The Morgan fingerprint density at radius 3 is 2.47 bits per heavy atom. The van der Waals surface area contributed by atoms with Gasteiger partial charge in [-0.1, -0.05) is 30.3 Å². The molecular weight excluding hydrogens is 672 g/mol. The fraction of sp³-hybridized carbons (Fsp3) is 0.225. The Labute approximate surface area is 303 Å². The van der Waals surface area contributed by atoms with Gasteiger partial charge in [0, 0.05) is 86.2 Å². The summed E-state index contributed by atoms with van der Waals surface area (Å²) in [7, 11) is 1.69. The van der Waals surface area contributed by atoms with Gasteiger partial charge < -0.3 is 20.5 Å². The highest BCUT2D eigenvalue weighted by Crippen LogP contribution is 2.36. The molecule has 0 bridgehead atoms. The molecule has 12 nitrogen and oxygen atoms in total. The van der Waals surface area contributed by atoms with E-state index in [9.17, 15) is 14.0 Å². The third-order valence-corrected chi connectivity index (χ3v) is 10.6. The van der Waals surface area contributed by atoms with E-state index >= 15 is 0 Å². The molecule has 0 radical (unpaired) electrons. The minimum atomic E-state index is -0.425. The number of amides is 1. The number of H-pyrrole nitrogens is 1. The van der Waals surface area contributed by atoms with Crippen molar-refractivity contribution in [3.05, 3.63) is 124 Å². The maximum atomic E-state index is 14.4. The van der Waals surface area contributed by atoms with Crippen molar-refractivity contribution in [1.82, 2.24) is 39.5 Å². The first kappa shape index (κ1) is 32.6. The van der Waals surface area contributed by atoms with Crippen LogP contribution < -0.4 is 21.1 Å². The van der Waals surface area contributed by atoms with Crippen molar-refractivity contribution in [1.29, 1.82) is 0 Å². The lowest BCUT2D eigenvalue weighted by molar-refractivity contribution is 0.0956. The maximum absolute atomic E-state index is 14.4. The van der Waals surface area contributed by atoms with Gasteiger partial charge in [0.25, 0.3) is 11.5 Å². The molecule has 53 heavy (non-hydrogen) atoms. The molecule has 1 fully saturated rings. The fourth-order valence-corrected chi connectivity index (χ4v) is 7.72. The molecule has 1 amide bonds. The molecule has 2 aliphatic rings. The van der Waals surface area contributed by atoms with Gasteiger partial charge in [0.05, 0.1) is 5.56 Å². The van der Waals surface area contributed by atoms with Crippen molar-refractivity contribution in [2.75, 3.05) is 42.9 Å². The second-order valence-corrected chi connectivity index (χ2v) is 13.6. The van der Waals surface area contributed by atoms with Gasteiger partial charge in [-0.3, -0.25) is 14.5 Å². The Balaban J connectivity index is 0.853. The van der Waals surface area contributed by atoms with Crippen LogP contribution in [0, 0.1) is 5.82 Å². The van der Waals surface area contributed by atoms with Gasteiger partial charge in [-0.2, -0.15) is 4.98 Å². The number of anilines is 3. The minimum Gasteiger partial charge on any atom is -0.369 e. The largest absolute Gasteiger partial charge is 0.369 e. The number of hydrogen-bond acceptors (Lipinski definition) is 8. The van der Waals surface area contributed by atoms with Crippen LogP contribution in [-0.2, 0) is 13.5 Å². The Bertz CT molecular complexity index is 2550. The van der Waals surface area contributed by atoms with Crippen molar-refractivity contribution in [2.45, 2.75) is 19.4 Å². The summed E-state index contributed by atoms with van der Waals surface area (Å²) in [5, 5.41) is 7.41. The molecule has 1 atom stereocenters. The topological polar surface area (TPSA) is 129 Å². The number of halogens is 1. The molecule has 266 valence electrons. The summed E-state index contributed by atoms with van der Waals surface area (Å²) >= 11 is 0. The lowest BCUT2D eigenvalue weighted by Crippen LogP contribution is -2.47. The van der Waals surface area contributed by atoms with Crippen molar-refractivity contribution in [3.63, 3.8) is 0 Å². The van der Waals surface area contributed by atoms with Crippen LogP contribution >= 0.6 is 0 Å². The van der Waals surface area contributed by atoms with Crippen LogP contribution in [0.5, 0.6) is 0 Å². The van der Waals surface area contributed by atoms with Gasteiger partial charge in [0.15, 0.2) is 11.5 Å². The highest BCUT2D eigenvalue weighted by molar-refractivity contribution is 6.10. The standard InChI is InChI=1S/C40H37FN10O2/c1-24(25-6-8-26(9-7-25)36-30-14-16-43-38(52)31-21-27(41)22-33(46-36)35(30)31)49-17-19-50(20-18-49)29-12-10-28(11-13-29)45-40-44-23-32-37(47-40)51(48(2)39(32)53)34-5-3-4-15-42-34/h3-13,15,21-24,46H,14,16-20H2,1-2H3,(H,43,52)(H,44,45,47). The quantitative estimate of drug-likeness (QED) is 0.192. The molecule has 4 aromatic heterocycles. The van der Waals surface area contributed by atoms with E-state index in [4.69, 9.17) is 0 Å². The predicted molar refractivity (Wildman–Crippen MR) is 204 cm³/mol. The predicted octanol–water partition coefficient (Wildman–Crippen LogP) is 5.71. The normalized spacial score (nSPS) is 15.5. The van der Waals surface area contributed by atoms with E-state index in [0.29, 0.717) is 46.8 Å². The number of benzene rings is 3. The zero-order chi connectivity index (χ0) is 36.2. The molecule has 0 saturated carbocycles. The third kappa shape index (κ3) is 5.78. The Morgan fingerprint density at radius 1 is 0.925 bits per heavy atom. The zero-order valence-electron chi connectivity index (χ0n) is 29.3. The highest BCUT2D eigenvalue weighted by atomic mass is 19.1. The van der Waals surface area contributed by atoms with Crippen LogP contribution in [0.1, 0.15) is 34.5 Å². The molecular formula is C40H37FN10O2. The van der Waals surface area contributed by atoms with Gasteiger partial charge in [0.2, 0.25) is 5.95 Å². The zero-order valence-corrected chi connectivity index (χ0v) is 29.3. The van der Waals surface area contributed by atoms with E-state index < -0.39 is 5.82 Å². The lowest BCUT2D eigenvalue weighted by Gasteiger charge is -2.39. The van der Waals surface area contributed by atoms with Crippen LogP contribution in [0.2, 0.25) is 0 Å². The monoisotopic (exact) mass is 708 g/mol. The van der Waals surface area contributed by atoms with Gasteiger partial charge in [-0.05, 0) is 78.6 Å². The second kappa shape index (κ2) is 13.0. The lowest BCUT2D eigenvalue weighted by atomic mass is 9.98. The molecule has 2 aliphatic heterocycles. The van der Waals surface area contributed by atoms with Crippen LogP contribution in [0.15, 0.2) is 96.1 Å². The van der Waals surface area contributed by atoms with Crippen molar-refractivity contribution in [3.8, 4) is 17.1 Å². The van der Waals surface area contributed by atoms with E-state index in [1.807, 2.05) is 30.3 Å². The van der Waals surface area contributed by atoms with Gasteiger partial charge >= 0.3 is 0 Å². The van der Waals surface area contributed by atoms with E-state index in [1.54, 1.807) is 24.1 Å². The van der Waals surface area contributed by atoms with Crippen LogP contribution in [0.4, 0.5) is 21.7 Å². The molecule has 1 saturated heterocycles. The van der Waals surface area contributed by atoms with E-state index in [0.717, 1.165) is 59.8 Å². The first-order valence-corrected chi connectivity index (χ1v) is 17.8. The molecule has 3 aromatic carbocycles. The first-order valence-electron chi connectivity index (χ1n) is 17.8. The number of carbonyl (C=O) groups excluding carboxylic acids is 1. The molecule has 9 rings (SSSR count). The molecule has 0 aliphatic carbocycles. The molecule has 13 heteroatoms. The third-order valence-electron chi connectivity index (χ3n) is 10.6. The summed E-state index contributed by atoms with van der Waals surface area (Å²) in [4.78, 5) is 47.2. The van der Waals surface area contributed by atoms with Gasteiger partial charge in [-0.25, -0.2) is 23.7 Å². The Hall–Kier alpha value is -6.34. The summed E-state index contributed by atoms with van der Waals surface area (Å²) in [6.45, 7) is 6.41. The summed E-state index contributed by atoms with van der Waals surface area (Å²) in [5.41, 5.74) is 7.56. The van der Waals surface area contributed by atoms with Gasteiger partial charge in [-0.15, -0.1) is 0 Å². The summed E-state index contributed by atoms with van der Waals surface area (Å²) < 4.78 is 17.5. The highest BCUT2D eigenvalue weighted by Gasteiger charge is 2.25. The van der Waals surface area contributed by atoms with Crippen LogP contribution in [0.3, 0.4) is 0 Å². The number of aromatic nitrogens is 6.